The largest absolute Gasteiger partial charge is 0.480 e. The number of hydrogen-bond acceptors (Lipinski definition) is 12. The van der Waals surface area contributed by atoms with E-state index in [1.165, 1.54) is 32.5 Å². The Morgan fingerprint density at radius 3 is 1.37 bits per heavy atom. The highest BCUT2D eigenvalue weighted by atomic mass is 32.2. The third kappa shape index (κ3) is 19.5. The van der Waals surface area contributed by atoms with E-state index in [4.69, 9.17) is 38.9 Å². The molecule has 0 heterocycles. The number of carbonyl (C=O) groups is 7. The average Bonchev–Trinajstić information content (AvgIpc) is 3.07. The number of amides is 6. The number of hydrogen-bond donors (Lipinski definition) is 13. The van der Waals surface area contributed by atoms with Crippen molar-refractivity contribution in [3.05, 3.63) is 0 Å². The fourth-order valence-electron chi connectivity index (χ4n) is 4.14. The second-order valence-corrected chi connectivity index (χ2v) is 12.7. The minimum atomic E-state index is -1.59. The summed E-state index contributed by atoms with van der Waals surface area (Å²) < 4.78 is 0. The molecule has 0 saturated heterocycles. The number of aliphatic hydroxyl groups excluding tert-OH is 1. The van der Waals surface area contributed by atoms with Gasteiger partial charge in [-0.3, -0.25) is 38.8 Å². The van der Waals surface area contributed by atoms with Crippen LogP contribution in [0.1, 0.15) is 52.9 Å². The van der Waals surface area contributed by atoms with Gasteiger partial charge in [0.1, 0.15) is 36.3 Å². The first-order valence-corrected chi connectivity index (χ1v) is 17.7. The second-order valence-electron chi connectivity index (χ2n) is 11.7. The van der Waals surface area contributed by atoms with Crippen LogP contribution in [0.25, 0.3) is 0 Å². The van der Waals surface area contributed by atoms with Gasteiger partial charge in [0, 0.05) is 13.1 Å². The van der Waals surface area contributed by atoms with Gasteiger partial charge in [0.05, 0.1) is 12.6 Å². The van der Waals surface area contributed by atoms with Crippen molar-refractivity contribution in [2.75, 3.05) is 31.7 Å². The molecule has 0 spiro atoms. The van der Waals surface area contributed by atoms with Gasteiger partial charge < -0.3 is 70.8 Å². The van der Waals surface area contributed by atoms with E-state index in [1.807, 2.05) is 6.26 Å². The Morgan fingerprint density at radius 2 is 0.962 bits per heavy atom. The van der Waals surface area contributed by atoms with Gasteiger partial charge in [-0.25, -0.2) is 4.79 Å². The quantitative estimate of drug-likeness (QED) is 0.0234. The van der Waals surface area contributed by atoms with Gasteiger partial charge in [0.25, 0.3) is 0 Å². The number of nitrogens with two attached hydrogens (primary N) is 5. The average molecular weight is 762 g/mol. The lowest BCUT2D eigenvalue weighted by atomic mass is 10.1. The highest BCUT2D eigenvalue weighted by Gasteiger charge is 2.31. The molecule has 22 nitrogen and oxygen atoms in total. The van der Waals surface area contributed by atoms with Crippen molar-refractivity contribution in [2.45, 2.75) is 95.2 Å². The van der Waals surface area contributed by atoms with Gasteiger partial charge in [0.2, 0.25) is 35.4 Å². The fourth-order valence-corrected chi connectivity index (χ4v) is 4.63. The van der Waals surface area contributed by atoms with E-state index in [1.54, 1.807) is 0 Å². The molecule has 7 unspecified atom stereocenters. The Bertz CT molecular complexity index is 1280. The number of guanidine groups is 2. The van der Waals surface area contributed by atoms with Crippen LogP contribution in [0.2, 0.25) is 0 Å². The van der Waals surface area contributed by atoms with Crippen molar-refractivity contribution in [2.24, 2.45) is 38.7 Å². The Morgan fingerprint density at radius 1 is 0.596 bits per heavy atom. The minimum Gasteiger partial charge on any atom is -0.480 e. The Balaban J connectivity index is 5.91. The maximum Gasteiger partial charge on any atom is 0.328 e. The number of carbonyl (C=O) groups excluding carboxylic acids is 6. The highest BCUT2D eigenvalue weighted by Crippen LogP contribution is 2.06. The Labute approximate surface area is 306 Å². The van der Waals surface area contributed by atoms with Crippen LogP contribution >= 0.6 is 11.8 Å². The molecule has 0 aliphatic heterocycles. The summed E-state index contributed by atoms with van der Waals surface area (Å²) in [6, 6.07) is -8.54. The van der Waals surface area contributed by atoms with Crippen molar-refractivity contribution in [3.8, 4) is 0 Å². The van der Waals surface area contributed by atoms with Gasteiger partial charge in [-0.1, -0.05) is 0 Å². The van der Waals surface area contributed by atoms with Gasteiger partial charge in [0.15, 0.2) is 11.9 Å². The smallest absolute Gasteiger partial charge is 0.328 e. The molecule has 7 atom stereocenters. The second kappa shape index (κ2) is 25.1. The lowest BCUT2D eigenvalue weighted by Crippen LogP contribution is -2.59. The van der Waals surface area contributed by atoms with Crippen LogP contribution in [0.4, 0.5) is 0 Å². The number of carboxylic acid groups (broad SMARTS) is 1. The molecule has 0 fully saturated rings. The molecule has 0 aromatic carbocycles. The van der Waals surface area contributed by atoms with Gasteiger partial charge in [-0.15, -0.1) is 0 Å². The maximum atomic E-state index is 13.6. The van der Waals surface area contributed by atoms with Crippen LogP contribution in [-0.2, 0) is 33.6 Å². The lowest BCUT2D eigenvalue weighted by Gasteiger charge is -2.26. The lowest BCUT2D eigenvalue weighted by molar-refractivity contribution is -0.143. The maximum absolute atomic E-state index is 13.6. The summed E-state index contributed by atoms with van der Waals surface area (Å²) in [7, 11) is 0. The summed E-state index contributed by atoms with van der Waals surface area (Å²) in [4.78, 5) is 96.5. The number of nitrogens with zero attached hydrogens (tertiary/aromatic N) is 2. The zero-order valence-corrected chi connectivity index (χ0v) is 30.7. The number of thioether (sulfide) groups is 1. The summed E-state index contributed by atoms with van der Waals surface area (Å²) in [5.41, 5.74) is 27.4. The number of aliphatic imine (C=N–C) groups is 2. The first-order valence-electron chi connectivity index (χ1n) is 16.4. The number of carboxylic acids is 1. The first-order chi connectivity index (χ1) is 24.3. The van der Waals surface area contributed by atoms with E-state index in [9.17, 15) is 33.6 Å². The van der Waals surface area contributed by atoms with Crippen LogP contribution in [0, 0.1) is 0 Å². The SMILES string of the molecule is CSCCC(N)C(=O)NC(C)C(=O)NC(CCCN=C(N)N)C(=O)NC(CCCN=C(N)N)C(=O)NC(C)C(=O)NC(C)C(=O)NC(CO)C(=O)O. The van der Waals surface area contributed by atoms with Gasteiger partial charge in [-0.05, 0) is 64.9 Å². The number of aliphatic carboxylic acids is 1. The molecular weight excluding hydrogens is 706 g/mol. The van der Waals surface area contributed by atoms with E-state index in [2.05, 4.69) is 41.9 Å². The molecule has 0 aromatic rings. The molecule has 0 aliphatic rings. The third-order valence-corrected chi connectivity index (χ3v) is 7.82. The van der Waals surface area contributed by atoms with Crippen molar-refractivity contribution < 1.29 is 43.8 Å². The van der Waals surface area contributed by atoms with Crippen LogP contribution in [-0.4, -0.2) is 138 Å². The summed E-state index contributed by atoms with van der Waals surface area (Å²) in [5, 5.41) is 32.7. The Kier molecular flexibility index (Phi) is 22.8. The van der Waals surface area contributed by atoms with E-state index in [0.29, 0.717) is 12.2 Å². The Hall–Kier alpha value is -4.90. The molecule has 23 heteroatoms. The van der Waals surface area contributed by atoms with Gasteiger partial charge in [-0.2, -0.15) is 11.8 Å². The van der Waals surface area contributed by atoms with Crippen molar-refractivity contribution in [3.63, 3.8) is 0 Å². The monoisotopic (exact) mass is 761 g/mol. The molecule has 0 radical (unpaired) electrons. The molecule has 296 valence electrons. The fraction of sp³-hybridized carbons (Fsp3) is 0.690. The van der Waals surface area contributed by atoms with Crippen molar-refractivity contribution in [1.29, 1.82) is 0 Å². The van der Waals surface area contributed by atoms with Crippen LogP contribution in [0.3, 0.4) is 0 Å². The summed E-state index contributed by atoms with van der Waals surface area (Å²) in [5.74, 6) is -5.81. The predicted octanol–water partition coefficient (Wildman–Crippen LogP) is -5.78. The topological polar surface area (TPSA) is 387 Å². The van der Waals surface area contributed by atoms with Gasteiger partial charge >= 0.3 is 5.97 Å². The van der Waals surface area contributed by atoms with Crippen LogP contribution < -0.4 is 60.6 Å². The number of aliphatic hydroxyl groups is 1. The standard InChI is InChI=1S/C29H55N13O9S/c1-14(21(44)37-15(2)23(46)42-20(13-43)27(50)51)39-25(48)18(7-5-10-35-28(31)32)41-26(49)19(8-6-11-36-29(33)34)40-22(45)16(3)38-24(47)17(30)9-12-52-4/h14-20,43H,5-13,30H2,1-4H3,(H,37,44)(H,38,47)(H,39,48)(H,40,45)(H,41,49)(H,42,46)(H,50,51)(H4,31,32,35)(H4,33,34,36). The predicted molar refractivity (Wildman–Crippen MR) is 194 cm³/mol. The van der Waals surface area contributed by atoms with Crippen molar-refractivity contribution in [1.82, 2.24) is 31.9 Å². The number of rotatable bonds is 25. The zero-order chi connectivity index (χ0) is 40.0. The summed E-state index contributed by atoms with van der Waals surface area (Å²) >= 11 is 1.51. The minimum absolute atomic E-state index is 0.0162. The summed E-state index contributed by atoms with van der Waals surface area (Å²) in [6.45, 7) is 3.30. The zero-order valence-electron chi connectivity index (χ0n) is 29.8. The molecular formula is C29H55N13O9S. The van der Waals surface area contributed by atoms with E-state index in [0.717, 1.165) is 0 Å². The third-order valence-electron chi connectivity index (χ3n) is 7.18. The van der Waals surface area contributed by atoms with E-state index < -0.39 is 90.3 Å². The molecule has 0 rings (SSSR count). The molecule has 0 saturated carbocycles. The number of nitrogens with one attached hydrogen (secondary N) is 6. The van der Waals surface area contributed by atoms with E-state index in [-0.39, 0.29) is 50.7 Å². The van der Waals surface area contributed by atoms with Crippen molar-refractivity contribution >= 4 is 65.1 Å². The molecule has 0 aromatic heterocycles. The molecule has 18 N–H and O–H groups in total. The molecule has 52 heavy (non-hydrogen) atoms. The highest BCUT2D eigenvalue weighted by molar-refractivity contribution is 7.98. The van der Waals surface area contributed by atoms with Crippen LogP contribution in [0.15, 0.2) is 9.98 Å². The first kappa shape index (κ1) is 47.1. The molecule has 6 amide bonds. The summed E-state index contributed by atoms with van der Waals surface area (Å²) in [6.07, 6.45) is 2.67. The van der Waals surface area contributed by atoms with E-state index >= 15 is 0 Å². The normalized spacial score (nSPS) is 14.7. The molecule has 0 bridgehead atoms. The molecule has 0 aliphatic carbocycles. The van der Waals surface area contributed by atoms with Crippen LogP contribution in [0.5, 0.6) is 0 Å².